The van der Waals surface area contributed by atoms with Gasteiger partial charge in [0.15, 0.2) is 16.6 Å². The van der Waals surface area contributed by atoms with E-state index in [0.29, 0.717) is 0 Å². The quantitative estimate of drug-likeness (QED) is 0.100. The van der Waals surface area contributed by atoms with Crippen LogP contribution in [0, 0.1) is 35.5 Å². The molecule has 10 heteroatoms. The molecule has 0 spiro atoms. The van der Waals surface area contributed by atoms with E-state index in [4.69, 9.17) is 18.3 Å². The predicted molar refractivity (Wildman–Crippen MR) is 217 cm³/mol. The van der Waals surface area contributed by atoms with Crippen LogP contribution in [0.15, 0.2) is 48.6 Å². The number of carbonyl (C=O) groups excluding carboxylic acids is 4. The minimum absolute atomic E-state index is 0.0372. The second-order valence-electron chi connectivity index (χ2n) is 15.2. The SMILES string of the molecule is CC[Si](CC)(CC)O[C@@H]([C@@H](C)[C@H]1OC(=O)/C=C/C=C/[C@H](C)[C@@H]([C@H](C)[C@H](O[Si](CC)(CC)CC)[C@H](C)C(C)=O)OC(=O)/C=C/C=C/[C@@H]1C)[C@H](C)C(C)=O. The summed E-state index contributed by atoms with van der Waals surface area (Å²) in [6.07, 6.45) is 11.4. The lowest BCUT2D eigenvalue weighted by Crippen LogP contribution is -2.49. The Morgan fingerprint density at radius 1 is 0.596 bits per heavy atom. The Morgan fingerprint density at radius 3 is 1.13 bits per heavy atom. The van der Waals surface area contributed by atoms with E-state index in [9.17, 15) is 19.2 Å². The summed E-state index contributed by atoms with van der Waals surface area (Å²) < 4.78 is 26.3. The van der Waals surface area contributed by atoms with Gasteiger partial charge < -0.3 is 18.3 Å². The van der Waals surface area contributed by atoms with Crippen molar-refractivity contribution in [3.05, 3.63) is 48.6 Å². The number of ether oxygens (including phenoxy) is 2. The standard InChI is InChI=1S/C42H72O8Si2/c1-15-51(16-2,17-3)49-41(31(9)35(13)43)33(11)39-29(7)25-21-23-28-38(46)48-40(30(8)26-22-24-27-37(45)47-39)34(12)42(32(10)36(14)44)50-52(18-4,19-5)20-6/h21-34,39-42H,15-20H2,1-14H3/b25-21+,26-22+,27-24+,28-23+/t29-,30-,31+,32+,33-,34-,39-,40-,41+,42+/m0/s1. The Balaban J connectivity index is 3.60. The van der Waals surface area contributed by atoms with Crippen molar-refractivity contribution < 1.29 is 37.5 Å². The molecule has 0 amide bonds. The molecule has 0 saturated heterocycles. The minimum Gasteiger partial charge on any atom is -0.458 e. The van der Waals surface area contributed by atoms with Gasteiger partial charge in [-0.15, -0.1) is 0 Å². The van der Waals surface area contributed by atoms with E-state index in [2.05, 4.69) is 41.5 Å². The van der Waals surface area contributed by atoms with Crippen molar-refractivity contribution in [3.63, 3.8) is 0 Å². The molecule has 0 aromatic carbocycles. The molecule has 0 radical (unpaired) electrons. The van der Waals surface area contributed by atoms with Gasteiger partial charge in [0.1, 0.15) is 23.8 Å². The fraction of sp³-hybridized carbons (Fsp3) is 0.714. The zero-order valence-electron chi connectivity index (χ0n) is 34.9. The van der Waals surface area contributed by atoms with Crippen molar-refractivity contribution in [1.29, 1.82) is 0 Å². The molecule has 8 nitrogen and oxygen atoms in total. The Morgan fingerprint density at radius 2 is 0.885 bits per heavy atom. The van der Waals surface area contributed by atoms with E-state index in [0.717, 1.165) is 36.3 Å². The summed E-state index contributed by atoms with van der Waals surface area (Å²) in [6.45, 7) is 27.9. The molecule has 1 aliphatic rings. The van der Waals surface area contributed by atoms with E-state index in [1.807, 2.05) is 53.7 Å². The molecule has 0 unspecified atom stereocenters. The zero-order chi connectivity index (χ0) is 39.8. The lowest BCUT2D eigenvalue weighted by Gasteiger charge is -2.41. The van der Waals surface area contributed by atoms with Crippen molar-refractivity contribution >= 4 is 40.1 Å². The predicted octanol–water partition coefficient (Wildman–Crippen LogP) is 9.82. The molecule has 0 aromatic heterocycles. The lowest BCUT2D eigenvalue weighted by atomic mass is 9.82. The molecule has 0 aromatic rings. The van der Waals surface area contributed by atoms with Gasteiger partial charge in [-0.05, 0) is 50.1 Å². The second kappa shape index (κ2) is 22.7. The molecule has 10 atom stereocenters. The van der Waals surface area contributed by atoms with E-state index < -0.39 is 53.0 Å². The van der Waals surface area contributed by atoms with Crippen LogP contribution < -0.4 is 0 Å². The maximum absolute atomic E-state index is 13.4. The fourth-order valence-corrected chi connectivity index (χ4v) is 13.4. The third kappa shape index (κ3) is 13.5. The highest BCUT2D eigenvalue weighted by molar-refractivity contribution is 6.74. The summed E-state index contributed by atoms with van der Waals surface area (Å²) in [7, 11) is -4.23. The monoisotopic (exact) mass is 760 g/mol. The Hall–Kier alpha value is -2.41. The van der Waals surface area contributed by atoms with Crippen LogP contribution in [0.4, 0.5) is 0 Å². The van der Waals surface area contributed by atoms with Gasteiger partial charge in [0.2, 0.25) is 0 Å². The second-order valence-corrected chi connectivity index (χ2v) is 24.6. The van der Waals surface area contributed by atoms with Crippen LogP contribution in [0.25, 0.3) is 0 Å². The highest BCUT2D eigenvalue weighted by atomic mass is 28.4. The molecule has 0 aliphatic carbocycles. The summed E-state index contributed by atoms with van der Waals surface area (Å²) in [5.41, 5.74) is 0. The largest absolute Gasteiger partial charge is 0.458 e. The Kier molecular flexibility index (Phi) is 20.8. The van der Waals surface area contributed by atoms with Crippen LogP contribution in [-0.2, 0) is 37.5 Å². The number of carbonyl (C=O) groups is 4. The van der Waals surface area contributed by atoms with Crippen LogP contribution in [0.3, 0.4) is 0 Å². The van der Waals surface area contributed by atoms with Crippen molar-refractivity contribution in [2.24, 2.45) is 35.5 Å². The zero-order valence-corrected chi connectivity index (χ0v) is 36.9. The van der Waals surface area contributed by atoms with Crippen molar-refractivity contribution in [1.82, 2.24) is 0 Å². The van der Waals surface area contributed by atoms with Gasteiger partial charge >= 0.3 is 11.9 Å². The van der Waals surface area contributed by atoms with Crippen molar-refractivity contribution in [2.75, 3.05) is 0 Å². The first kappa shape index (κ1) is 47.6. The summed E-state index contributed by atoms with van der Waals surface area (Å²) in [5.74, 6) is -2.76. The Bertz CT molecular complexity index is 1150. The number of allylic oxidation sites excluding steroid dienone is 4. The van der Waals surface area contributed by atoms with Crippen LogP contribution >= 0.6 is 0 Å². The molecular formula is C42H72O8Si2. The number of hydrogen-bond donors (Lipinski definition) is 0. The van der Waals surface area contributed by atoms with Crippen LogP contribution in [0.1, 0.15) is 96.9 Å². The molecule has 0 bridgehead atoms. The highest BCUT2D eigenvalue weighted by Crippen LogP contribution is 2.35. The molecule has 1 aliphatic heterocycles. The highest BCUT2D eigenvalue weighted by Gasteiger charge is 2.43. The topological polar surface area (TPSA) is 105 Å². The van der Waals surface area contributed by atoms with E-state index >= 15 is 0 Å². The van der Waals surface area contributed by atoms with E-state index in [1.54, 1.807) is 38.2 Å². The van der Waals surface area contributed by atoms with Crippen LogP contribution in [0.2, 0.25) is 36.3 Å². The average molecular weight is 761 g/mol. The maximum Gasteiger partial charge on any atom is 0.331 e. The first-order chi connectivity index (χ1) is 24.4. The average Bonchev–Trinajstić information content (AvgIpc) is 3.13. The first-order valence-corrected chi connectivity index (χ1v) is 25.0. The molecule has 0 fully saturated rings. The van der Waals surface area contributed by atoms with Gasteiger partial charge in [-0.3, -0.25) is 9.59 Å². The third-order valence-electron chi connectivity index (χ3n) is 12.0. The summed E-state index contributed by atoms with van der Waals surface area (Å²) in [5, 5.41) is 0. The normalized spacial score (nSPS) is 26.8. The third-order valence-corrected chi connectivity index (χ3v) is 21.3. The number of ketones is 2. The molecule has 52 heavy (non-hydrogen) atoms. The number of esters is 2. The minimum atomic E-state index is -2.12. The van der Waals surface area contributed by atoms with Crippen molar-refractivity contribution in [3.8, 4) is 0 Å². The van der Waals surface area contributed by atoms with E-state index in [1.165, 1.54) is 12.2 Å². The van der Waals surface area contributed by atoms with Gasteiger partial charge in [-0.2, -0.15) is 0 Å². The van der Waals surface area contributed by atoms with Gasteiger partial charge in [0, 0.05) is 47.7 Å². The Labute approximate surface area is 318 Å². The number of Topliss-reactive ketones (excluding diaryl/α,β-unsaturated/α-hetero) is 2. The smallest absolute Gasteiger partial charge is 0.331 e. The summed E-state index contributed by atoms with van der Waals surface area (Å²) in [4.78, 5) is 52.2. The van der Waals surface area contributed by atoms with Crippen molar-refractivity contribution in [2.45, 2.75) is 158 Å². The van der Waals surface area contributed by atoms with Gasteiger partial charge in [0.05, 0.1) is 12.2 Å². The van der Waals surface area contributed by atoms with Crippen LogP contribution in [-0.4, -0.2) is 64.6 Å². The number of rotatable bonds is 18. The molecule has 1 rings (SSSR count). The number of cyclic esters (lactones) is 2. The molecule has 0 saturated carbocycles. The lowest BCUT2D eigenvalue weighted by molar-refractivity contribution is -0.152. The maximum atomic E-state index is 13.4. The fourth-order valence-electron chi connectivity index (χ4n) is 7.44. The molecule has 1 heterocycles. The summed E-state index contributed by atoms with van der Waals surface area (Å²) in [6, 6.07) is 5.61. The van der Waals surface area contributed by atoms with Gasteiger partial charge in [0.25, 0.3) is 0 Å². The van der Waals surface area contributed by atoms with E-state index in [-0.39, 0.29) is 47.1 Å². The molecular weight excluding hydrogens is 689 g/mol. The summed E-state index contributed by atoms with van der Waals surface area (Å²) >= 11 is 0. The van der Waals surface area contributed by atoms with Crippen LogP contribution in [0.5, 0.6) is 0 Å². The van der Waals surface area contributed by atoms with Gasteiger partial charge in [-0.25, -0.2) is 9.59 Å². The first-order valence-electron chi connectivity index (χ1n) is 19.9. The van der Waals surface area contributed by atoms with Gasteiger partial charge in [-0.1, -0.05) is 120 Å². The molecule has 0 N–H and O–H groups in total. The molecule has 296 valence electrons. The number of hydrogen-bond acceptors (Lipinski definition) is 8.